The SMILES string of the molecule is Cc1ccc(CN(CCc2ccccc2)C(=O)CN(CCC(C)C)C(=O)c2ccccc2F)o1. The molecule has 0 spiro atoms. The van der Waals surface area contributed by atoms with Gasteiger partial charge in [0, 0.05) is 13.1 Å². The van der Waals surface area contributed by atoms with Gasteiger partial charge in [-0.25, -0.2) is 4.39 Å². The van der Waals surface area contributed by atoms with Crippen molar-refractivity contribution in [3.05, 3.63) is 95.2 Å². The van der Waals surface area contributed by atoms with Crippen LogP contribution in [0, 0.1) is 18.7 Å². The Morgan fingerprint density at radius 2 is 1.62 bits per heavy atom. The summed E-state index contributed by atoms with van der Waals surface area (Å²) < 4.78 is 20.0. The van der Waals surface area contributed by atoms with Gasteiger partial charge in [0.05, 0.1) is 12.1 Å². The van der Waals surface area contributed by atoms with Crippen LogP contribution in [-0.4, -0.2) is 41.2 Å². The van der Waals surface area contributed by atoms with Crippen molar-refractivity contribution in [2.45, 2.75) is 40.2 Å². The molecule has 1 heterocycles. The fourth-order valence-corrected chi connectivity index (χ4v) is 3.69. The topological polar surface area (TPSA) is 53.8 Å². The molecule has 0 aliphatic heterocycles. The van der Waals surface area contributed by atoms with E-state index in [1.165, 1.54) is 17.0 Å². The Labute approximate surface area is 201 Å². The maximum atomic E-state index is 14.3. The number of hydrogen-bond donors (Lipinski definition) is 0. The van der Waals surface area contributed by atoms with Crippen molar-refractivity contribution in [3.8, 4) is 0 Å². The van der Waals surface area contributed by atoms with Crippen LogP contribution in [-0.2, 0) is 17.8 Å². The highest BCUT2D eigenvalue weighted by Crippen LogP contribution is 2.15. The Bertz CT molecular complexity index is 1080. The third-order valence-corrected chi connectivity index (χ3v) is 5.70. The highest BCUT2D eigenvalue weighted by atomic mass is 19.1. The predicted molar refractivity (Wildman–Crippen MR) is 131 cm³/mol. The van der Waals surface area contributed by atoms with E-state index in [2.05, 4.69) is 13.8 Å². The molecule has 3 aromatic rings. The minimum atomic E-state index is -0.582. The number of carbonyl (C=O) groups is 2. The molecule has 0 saturated carbocycles. The van der Waals surface area contributed by atoms with Crippen LogP contribution in [0.3, 0.4) is 0 Å². The van der Waals surface area contributed by atoms with Gasteiger partial charge in [0.15, 0.2) is 0 Å². The van der Waals surface area contributed by atoms with Crippen LogP contribution in [0.25, 0.3) is 0 Å². The summed E-state index contributed by atoms with van der Waals surface area (Å²) in [7, 11) is 0. The largest absolute Gasteiger partial charge is 0.464 e. The van der Waals surface area contributed by atoms with Crippen LogP contribution in [0.1, 0.15) is 47.7 Å². The highest BCUT2D eigenvalue weighted by Gasteiger charge is 2.25. The number of benzene rings is 2. The molecule has 0 unspecified atom stereocenters. The van der Waals surface area contributed by atoms with E-state index in [0.29, 0.717) is 37.7 Å². The molecule has 5 nitrogen and oxygen atoms in total. The molecule has 1 aromatic heterocycles. The van der Waals surface area contributed by atoms with Crippen molar-refractivity contribution >= 4 is 11.8 Å². The van der Waals surface area contributed by atoms with E-state index in [-0.39, 0.29) is 18.0 Å². The second-order valence-corrected chi connectivity index (χ2v) is 8.95. The standard InChI is InChI=1S/C28H33FN2O3/c1-21(2)15-17-31(28(33)25-11-7-8-12-26(25)29)20-27(32)30(19-24-14-13-22(3)34-24)18-16-23-9-5-4-6-10-23/h4-14,21H,15-20H2,1-3H3. The summed E-state index contributed by atoms with van der Waals surface area (Å²) in [6.45, 7) is 7.02. The molecule has 6 heteroatoms. The Morgan fingerprint density at radius 3 is 2.26 bits per heavy atom. The first kappa shape index (κ1) is 25.2. The molecule has 0 radical (unpaired) electrons. The third-order valence-electron chi connectivity index (χ3n) is 5.70. The van der Waals surface area contributed by atoms with E-state index in [1.54, 1.807) is 17.0 Å². The molecular formula is C28H33FN2O3. The van der Waals surface area contributed by atoms with Gasteiger partial charge in [-0.1, -0.05) is 56.3 Å². The summed E-state index contributed by atoms with van der Waals surface area (Å²) in [5.74, 6) is 0.557. The average molecular weight is 465 g/mol. The van der Waals surface area contributed by atoms with E-state index in [4.69, 9.17) is 4.42 Å². The molecule has 0 aliphatic rings. The molecular weight excluding hydrogens is 431 g/mol. The normalized spacial score (nSPS) is 11.0. The zero-order valence-corrected chi connectivity index (χ0v) is 20.2. The molecule has 180 valence electrons. The first-order valence-electron chi connectivity index (χ1n) is 11.7. The number of carbonyl (C=O) groups excluding carboxylic acids is 2. The van der Waals surface area contributed by atoms with E-state index < -0.39 is 11.7 Å². The van der Waals surface area contributed by atoms with Crippen molar-refractivity contribution in [1.29, 1.82) is 0 Å². The Morgan fingerprint density at radius 1 is 0.912 bits per heavy atom. The lowest BCUT2D eigenvalue weighted by Crippen LogP contribution is -2.44. The summed E-state index contributed by atoms with van der Waals surface area (Å²) in [4.78, 5) is 29.8. The first-order chi connectivity index (χ1) is 16.3. The summed E-state index contributed by atoms with van der Waals surface area (Å²) >= 11 is 0. The molecule has 3 rings (SSSR count). The molecule has 34 heavy (non-hydrogen) atoms. The van der Waals surface area contributed by atoms with Gasteiger partial charge in [-0.05, 0) is 55.5 Å². The minimum absolute atomic E-state index is 0.0171. The highest BCUT2D eigenvalue weighted by molar-refractivity contribution is 5.96. The summed E-state index contributed by atoms with van der Waals surface area (Å²) in [5.41, 5.74) is 1.10. The second-order valence-electron chi connectivity index (χ2n) is 8.95. The summed E-state index contributed by atoms with van der Waals surface area (Å²) in [5, 5.41) is 0. The number of nitrogens with zero attached hydrogens (tertiary/aromatic N) is 2. The van der Waals surface area contributed by atoms with Crippen molar-refractivity contribution in [2.24, 2.45) is 5.92 Å². The zero-order chi connectivity index (χ0) is 24.5. The van der Waals surface area contributed by atoms with Gasteiger partial charge in [-0.15, -0.1) is 0 Å². The van der Waals surface area contributed by atoms with E-state index in [1.807, 2.05) is 49.4 Å². The van der Waals surface area contributed by atoms with Crippen molar-refractivity contribution in [3.63, 3.8) is 0 Å². The minimum Gasteiger partial charge on any atom is -0.464 e. The lowest BCUT2D eigenvalue weighted by Gasteiger charge is -2.28. The maximum Gasteiger partial charge on any atom is 0.257 e. The molecule has 0 aliphatic carbocycles. The smallest absolute Gasteiger partial charge is 0.257 e. The summed E-state index contributed by atoms with van der Waals surface area (Å²) in [6, 6.07) is 19.6. The van der Waals surface area contributed by atoms with Gasteiger partial charge in [-0.2, -0.15) is 0 Å². The summed E-state index contributed by atoms with van der Waals surface area (Å²) in [6.07, 6.45) is 1.40. The van der Waals surface area contributed by atoms with Gasteiger partial charge < -0.3 is 14.2 Å². The monoisotopic (exact) mass is 464 g/mol. The number of amides is 2. The van der Waals surface area contributed by atoms with Gasteiger partial charge in [0.25, 0.3) is 5.91 Å². The van der Waals surface area contributed by atoms with Crippen molar-refractivity contribution in [2.75, 3.05) is 19.6 Å². The second kappa shape index (κ2) is 12.2. The number of aryl methyl sites for hydroxylation is 1. The van der Waals surface area contributed by atoms with Crippen LogP contribution in [0.2, 0.25) is 0 Å². The molecule has 0 saturated heterocycles. The number of halogens is 1. The quantitative estimate of drug-likeness (QED) is 0.377. The Balaban J connectivity index is 1.78. The van der Waals surface area contributed by atoms with Gasteiger partial charge in [0.2, 0.25) is 5.91 Å². The van der Waals surface area contributed by atoms with E-state index in [9.17, 15) is 14.0 Å². The van der Waals surface area contributed by atoms with E-state index in [0.717, 1.165) is 17.7 Å². The lowest BCUT2D eigenvalue weighted by molar-refractivity contribution is -0.132. The number of hydrogen-bond acceptors (Lipinski definition) is 3. The molecule has 2 amide bonds. The van der Waals surface area contributed by atoms with Crippen LogP contribution in [0.15, 0.2) is 71.1 Å². The van der Waals surface area contributed by atoms with Gasteiger partial charge in [0.1, 0.15) is 23.9 Å². The third kappa shape index (κ3) is 7.30. The lowest BCUT2D eigenvalue weighted by atomic mass is 10.1. The Kier molecular flexibility index (Phi) is 9.02. The maximum absolute atomic E-state index is 14.3. The van der Waals surface area contributed by atoms with E-state index >= 15 is 0 Å². The average Bonchev–Trinajstić information content (AvgIpc) is 3.24. The number of rotatable bonds is 11. The molecule has 0 fully saturated rings. The van der Waals surface area contributed by atoms with Gasteiger partial charge >= 0.3 is 0 Å². The van der Waals surface area contributed by atoms with Crippen LogP contribution >= 0.6 is 0 Å². The van der Waals surface area contributed by atoms with Crippen molar-refractivity contribution in [1.82, 2.24) is 9.80 Å². The number of furan rings is 1. The predicted octanol–water partition coefficient (Wildman–Crippen LogP) is 5.49. The molecule has 0 bridgehead atoms. The fraction of sp³-hybridized carbons (Fsp3) is 0.357. The van der Waals surface area contributed by atoms with Crippen molar-refractivity contribution < 1.29 is 18.4 Å². The van der Waals surface area contributed by atoms with Crippen LogP contribution < -0.4 is 0 Å². The molecule has 0 atom stereocenters. The first-order valence-corrected chi connectivity index (χ1v) is 11.7. The van der Waals surface area contributed by atoms with Crippen LogP contribution in [0.5, 0.6) is 0 Å². The van der Waals surface area contributed by atoms with Gasteiger partial charge in [-0.3, -0.25) is 9.59 Å². The zero-order valence-electron chi connectivity index (χ0n) is 20.2. The fourth-order valence-electron chi connectivity index (χ4n) is 3.69. The molecule has 2 aromatic carbocycles. The van der Waals surface area contributed by atoms with Crippen LogP contribution in [0.4, 0.5) is 4.39 Å². The molecule has 0 N–H and O–H groups in total. The Hall–Kier alpha value is -3.41.